The van der Waals surface area contributed by atoms with Crippen LogP contribution in [0.25, 0.3) is 0 Å². The average molecular weight is 496 g/mol. The molecule has 10 heteroatoms. The van der Waals surface area contributed by atoms with Crippen LogP contribution in [-0.2, 0) is 29.0 Å². The third-order valence-corrected chi connectivity index (χ3v) is 8.51. The van der Waals surface area contributed by atoms with Crippen LogP contribution in [0, 0.1) is 0 Å². The molecule has 0 aliphatic carbocycles. The van der Waals surface area contributed by atoms with E-state index in [0.717, 1.165) is 35.8 Å². The van der Waals surface area contributed by atoms with Crippen LogP contribution >= 0.6 is 11.3 Å². The first-order chi connectivity index (χ1) is 15.7. The second-order valence-corrected chi connectivity index (χ2v) is 10.7. The maximum absolute atomic E-state index is 13.0. The van der Waals surface area contributed by atoms with E-state index in [1.165, 1.54) is 32.8 Å². The highest BCUT2D eigenvalue weighted by atomic mass is 32.2. The molecule has 0 amide bonds. The van der Waals surface area contributed by atoms with E-state index in [1.54, 1.807) is 0 Å². The van der Waals surface area contributed by atoms with E-state index < -0.39 is 21.8 Å². The Morgan fingerprint density at radius 2 is 1.67 bits per heavy atom. The van der Waals surface area contributed by atoms with Crippen molar-refractivity contribution in [3.05, 3.63) is 76.3 Å². The van der Waals surface area contributed by atoms with Crippen LogP contribution in [0.3, 0.4) is 0 Å². The van der Waals surface area contributed by atoms with Gasteiger partial charge in [0.25, 0.3) is 0 Å². The first-order valence-corrected chi connectivity index (χ1v) is 12.9. The quantitative estimate of drug-likeness (QED) is 0.492. The molecule has 1 aliphatic rings. The lowest BCUT2D eigenvalue weighted by Crippen LogP contribution is -2.48. The first kappa shape index (κ1) is 23.7. The number of sulfonamides is 1. The monoisotopic (exact) mass is 495 g/mol. The van der Waals surface area contributed by atoms with Gasteiger partial charge in [-0.25, -0.2) is 13.4 Å². The van der Waals surface area contributed by atoms with E-state index in [2.05, 4.69) is 31.2 Å². The molecule has 1 aliphatic heterocycles. The summed E-state index contributed by atoms with van der Waals surface area (Å²) >= 11 is 1.51. The van der Waals surface area contributed by atoms with Crippen molar-refractivity contribution in [2.75, 3.05) is 31.1 Å². The maximum Gasteiger partial charge on any atom is 0.416 e. The number of nitrogens with zero attached hydrogens (tertiary/aromatic N) is 3. The van der Waals surface area contributed by atoms with E-state index in [0.29, 0.717) is 19.2 Å². The molecule has 0 saturated carbocycles. The van der Waals surface area contributed by atoms with Crippen molar-refractivity contribution in [2.45, 2.75) is 30.8 Å². The van der Waals surface area contributed by atoms with E-state index in [-0.39, 0.29) is 18.0 Å². The fourth-order valence-electron chi connectivity index (χ4n) is 3.73. The number of hydrogen-bond acceptors (Lipinski definition) is 5. The molecule has 0 radical (unpaired) electrons. The Morgan fingerprint density at radius 3 is 2.30 bits per heavy atom. The molecule has 33 heavy (non-hydrogen) atoms. The molecule has 3 aromatic rings. The number of hydrogen-bond donors (Lipinski definition) is 0. The number of alkyl halides is 3. The van der Waals surface area contributed by atoms with E-state index >= 15 is 0 Å². The standard InChI is InChI=1S/C23H24F3N3O2S2/c1-2-17-6-8-18(9-7-17)14-20-16-32-22(27-20)28-10-12-29(13-11-28)33(30,31)21-5-3-4-19(15-21)23(24,25)26/h3-9,15-16H,2,10-14H2,1H3. The van der Waals surface area contributed by atoms with Gasteiger partial charge >= 0.3 is 6.18 Å². The summed E-state index contributed by atoms with van der Waals surface area (Å²) in [5, 5.41) is 2.83. The van der Waals surface area contributed by atoms with Crippen molar-refractivity contribution < 1.29 is 21.6 Å². The predicted molar refractivity (Wildman–Crippen MR) is 123 cm³/mol. The summed E-state index contributed by atoms with van der Waals surface area (Å²) in [6.07, 6.45) is -2.87. The van der Waals surface area contributed by atoms with Crippen LogP contribution in [-0.4, -0.2) is 43.9 Å². The molecule has 1 saturated heterocycles. The third kappa shape index (κ3) is 5.39. The van der Waals surface area contributed by atoms with Gasteiger partial charge < -0.3 is 4.90 Å². The Labute approximate surface area is 195 Å². The lowest BCUT2D eigenvalue weighted by molar-refractivity contribution is -0.137. The molecule has 0 spiro atoms. The van der Waals surface area contributed by atoms with E-state index in [4.69, 9.17) is 4.98 Å². The van der Waals surface area contributed by atoms with E-state index in [1.807, 2.05) is 10.3 Å². The van der Waals surface area contributed by atoms with Gasteiger partial charge in [0.05, 0.1) is 16.2 Å². The Bertz CT molecular complexity index is 1200. The second-order valence-electron chi connectivity index (χ2n) is 7.88. The van der Waals surface area contributed by atoms with Gasteiger partial charge in [-0.05, 0) is 35.7 Å². The lowest BCUT2D eigenvalue weighted by Gasteiger charge is -2.33. The summed E-state index contributed by atoms with van der Waals surface area (Å²) in [6.45, 7) is 3.34. The minimum Gasteiger partial charge on any atom is -0.345 e. The van der Waals surface area contributed by atoms with Gasteiger partial charge in [-0.3, -0.25) is 0 Å². The highest BCUT2D eigenvalue weighted by Crippen LogP contribution is 2.31. The van der Waals surface area contributed by atoms with Crippen molar-refractivity contribution in [2.24, 2.45) is 0 Å². The number of benzene rings is 2. The Kier molecular flexibility index (Phi) is 6.78. The Morgan fingerprint density at radius 1 is 1.00 bits per heavy atom. The second kappa shape index (κ2) is 9.44. The average Bonchev–Trinajstić information content (AvgIpc) is 3.28. The summed E-state index contributed by atoms with van der Waals surface area (Å²) in [7, 11) is -4.00. The van der Waals surface area contributed by atoms with Crippen molar-refractivity contribution in [3.63, 3.8) is 0 Å². The van der Waals surface area contributed by atoms with Crippen LogP contribution < -0.4 is 4.90 Å². The highest BCUT2D eigenvalue weighted by Gasteiger charge is 2.34. The predicted octanol–water partition coefficient (Wildman–Crippen LogP) is 4.83. The Balaban J connectivity index is 1.40. The van der Waals surface area contributed by atoms with E-state index in [9.17, 15) is 21.6 Å². The fraction of sp³-hybridized carbons (Fsp3) is 0.348. The highest BCUT2D eigenvalue weighted by molar-refractivity contribution is 7.89. The molecule has 0 unspecified atom stereocenters. The minimum atomic E-state index is -4.59. The zero-order valence-corrected chi connectivity index (χ0v) is 19.7. The first-order valence-electron chi connectivity index (χ1n) is 10.6. The topological polar surface area (TPSA) is 53.5 Å². The molecule has 2 heterocycles. The van der Waals surface area contributed by atoms with Gasteiger partial charge in [0.2, 0.25) is 10.0 Å². The number of anilines is 1. The summed E-state index contributed by atoms with van der Waals surface area (Å²) in [5.41, 5.74) is 2.46. The lowest BCUT2D eigenvalue weighted by atomic mass is 10.1. The molecule has 176 valence electrons. The molecule has 1 fully saturated rings. The number of thiazole rings is 1. The zero-order chi connectivity index (χ0) is 23.6. The maximum atomic E-state index is 13.0. The summed E-state index contributed by atoms with van der Waals surface area (Å²) < 4.78 is 66.0. The largest absolute Gasteiger partial charge is 0.416 e. The molecule has 2 aromatic carbocycles. The van der Waals surface area contributed by atoms with Crippen LogP contribution in [0.1, 0.15) is 29.3 Å². The number of halogens is 3. The van der Waals surface area contributed by atoms with Crippen LogP contribution in [0.4, 0.5) is 18.3 Å². The van der Waals surface area contributed by atoms with Crippen molar-refractivity contribution >= 4 is 26.5 Å². The molecule has 0 atom stereocenters. The fourth-order valence-corrected chi connectivity index (χ4v) is 6.07. The van der Waals surface area contributed by atoms with Crippen LogP contribution in [0.2, 0.25) is 0 Å². The molecular weight excluding hydrogens is 471 g/mol. The molecule has 1 aromatic heterocycles. The number of aryl methyl sites for hydroxylation is 1. The Hall–Kier alpha value is -2.43. The van der Waals surface area contributed by atoms with Crippen LogP contribution in [0.5, 0.6) is 0 Å². The minimum absolute atomic E-state index is 0.186. The SMILES string of the molecule is CCc1ccc(Cc2csc(N3CCN(S(=O)(=O)c4cccc(C(F)(F)F)c4)CC3)n2)cc1. The van der Waals surface area contributed by atoms with Gasteiger partial charge in [-0.1, -0.05) is 37.3 Å². The zero-order valence-electron chi connectivity index (χ0n) is 18.0. The van der Waals surface area contributed by atoms with Crippen LogP contribution in [0.15, 0.2) is 58.8 Å². The van der Waals surface area contributed by atoms with Crippen molar-refractivity contribution in [1.82, 2.24) is 9.29 Å². The molecule has 0 N–H and O–H groups in total. The summed E-state index contributed by atoms with van der Waals surface area (Å²) in [4.78, 5) is 6.39. The number of piperazine rings is 1. The van der Waals surface area contributed by atoms with Crippen molar-refractivity contribution in [3.8, 4) is 0 Å². The molecule has 4 rings (SSSR count). The summed E-state index contributed by atoms with van der Waals surface area (Å²) in [6, 6.07) is 12.3. The van der Waals surface area contributed by atoms with Gasteiger partial charge in [-0.2, -0.15) is 17.5 Å². The summed E-state index contributed by atoms with van der Waals surface area (Å²) in [5.74, 6) is 0. The molecule has 0 bridgehead atoms. The van der Waals surface area contributed by atoms with Gasteiger partial charge in [-0.15, -0.1) is 11.3 Å². The smallest absolute Gasteiger partial charge is 0.345 e. The number of aromatic nitrogens is 1. The van der Waals surface area contributed by atoms with Crippen molar-refractivity contribution in [1.29, 1.82) is 0 Å². The van der Waals surface area contributed by atoms with Gasteiger partial charge in [0.15, 0.2) is 5.13 Å². The molecule has 5 nitrogen and oxygen atoms in total. The molecular formula is C23H24F3N3O2S2. The normalized spacial score (nSPS) is 15.7. The van der Waals surface area contributed by atoms with Gasteiger partial charge in [0.1, 0.15) is 0 Å². The third-order valence-electron chi connectivity index (χ3n) is 5.66. The number of rotatable bonds is 6. The van der Waals surface area contributed by atoms with Gasteiger partial charge in [0, 0.05) is 38.0 Å².